The number of benzene rings is 3. The monoisotopic (exact) mass is 411 g/mol. The van der Waals surface area contributed by atoms with Gasteiger partial charge in [-0.2, -0.15) is 0 Å². The fourth-order valence-electron chi connectivity index (χ4n) is 2.64. The quantitative estimate of drug-likeness (QED) is 0.358. The molecule has 0 radical (unpaired) electrons. The molecule has 4 nitrogen and oxygen atoms in total. The van der Waals surface area contributed by atoms with Crippen LogP contribution in [0.4, 0.5) is 5.69 Å². The molecule has 0 amide bonds. The van der Waals surface area contributed by atoms with E-state index in [-0.39, 0.29) is 11.4 Å². The molecule has 144 valence electrons. The van der Waals surface area contributed by atoms with Gasteiger partial charge in [0, 0.05) is 4.90 Å². The van der Waals surface area contributed by atoms with Crippen LogP contribution in [0.15, 0.2) is 101 Å². The average Bonchev–Trinajstić information content (AvgIpc) is 2.73. The van der Waals surface area contributed by atoms with Crippen molar-refractivity contribution in [3.8, 4) is 11.5 Å². The number of para-hydroxylation sites is 1. The maximum atomic E-state index is 13.1. The van der Waals surface area contributed by atoms with E-state index in [1.807, 2.05) is 36.6 Å². The number of ether oxygens (including phenoxy) is 1. The highest BCUT2D eigenvalue weighted by atomic mass is 32.2. The molecule has 3 aromatic carbocycles. The van der Waals surface area contributed by atoms with Crippen LogP contribution in [0.3, 0.4) is 0 Å². The Hall–Kier alpha value is -2.70. The first-order valence-electron chi connectivity index (χ1n) is 8.65. The van der Waals surface area contributed by atoms with Crippen LogP contribution < -0.4 is 9.04 Å². The molecule has 0 aromatic heterocycles. The van der Waals surface area contributed by atoms with E-state index in [9.17, 15) is 8.42 Å². The van der Waals surface area contributed by atoms with Gasteiger partial charge in [-0.05, 0) is 66.9 Å². The van der Waals surface area contributed by atoms with Crippen molar-refractivity contribution < 1.29 is 13.2 Å². The van der Waals surface area contributed by atoms with Crippen LogP contribution in [0.1, 0.15) is 0 Å². The molecule has 3 aromatic rings. The third-order valence-corrected chi connectivity index (χ3v) is 6.60. The van der Waals surface area contributed by atoms with E-state index in [1.54, 1.807) is 66.4 Å². The molecule has 28 heavy (non-hydrogen) atoms. The van der Waals surface area contributed by atoms with Gasteiger partial charge in [0.2, 0.25) is 0 Å². The van der Waals surface area contributed by atoms with E-state index in [2.05, 4.69) is 6.58 Å². The number of anilines is 1. The van der Waals surface area contributed by atoms with Gasteiger partial charge in [-0.15, -0.1) is 18.3 Å². The molecular formula is C22H21NO3S2. The first-order valence-corrected chi connectivity index (χ1v) is 11.3. The van der Waals surface area contributed by atoms with E-state index in [4.69, 9.17) is 4.74 Å². The second kappa shape index (κ2) is 8.99. The van der Waals surface area contributed by atoms with Crippen molar-refractivity contribution in [3.05, 3.63) is 91.5 Å². The summed E-state index contributed by atoms with van der Waals surface area (Å²) in [5.74, 6) is 1.36. The lowest BCUT2D eigenvalue weighted by Gasteiger charge is -2.23. The van der Waals surface area contributed by atoms with Crippen LogP contribution in [0.5, 0.6) is 11.5 Å². The first kappa shape index (κ1) is 20.0. The molecule has 0 spiro atoms. The summed E-state index contributed by atoms with van der Waals surface area (Å²) in [5.41, 5.74) is 0.550. The molecule has 0 saturated carbocycles. The third-order valence-electron chi connectivity index (χ3n) is 4.05. The predicted molar refractivity (Wildman–Crippen MR) is 116 cm³/mol. The van der Waals surface area contributed by atoms with Crippen LogP contribution in [-0.2, 0) is 10.0 Å². The average molecular weight is 412 g/mol. The molecule has 0 saturated heterocycles. The minimum Gasteiger partial charge on any atom is -0.457 e. The number of nitrogens with zero attached hydrogens (tertiary/aromatic N) is 1. The Morgan fingerprint density at radius 3 is 2.11 bits per heavy atom. The molecule has 6 heteroatoms. The van der Waals surface area contributed by atoms with E-state index in [0.717, 1.165) is 10.6 Å². The molecule has 0 aliphatic carbocycles. The van der Waals surface area contributed by atoms with Gasteiger partial charge < -0.3 is 4.74 Å². The van der Waals surface area contributed by atoms with Crippen molar-refractivity contribution in [2.45, 2.75) is 9.79 Å². The fourth-order valence-corrected chi connectivity index (χ4v) is 4.48. The molecule has 0 unspecified atom stereocenters. The topological polar surface area (TPSA) is 46.6 Å². The Bertz CT molecular complexity index is 1020. The Morgan fingerprint density at radius 2 is 1.54 bits per heavy atom. The molecule has 0 aliphatic rings. The highest BCUT2D eigenvalue weighted by Crippen LogP contribution is 2.28. The van der Waals surface area contributed by atoms with Crippen LogP contribution in [0.2, 0.25) is 0 Å². The van der Waals surface area contributed by atoms with Crippen molar-refractivity contribution in [3.63, 3.8) is 0 Å². The minimum absolute atomic E-state index is 0.172. The standard InChI is InChI=1S/C22H21NO3S2/c1-3-17-23(28(24,25)22-15-13-21(27-2)14-16-22)18-9-11-20(12-10-18)26-19-7-5-4-6-8-19/h3-16H,1,17H2,2H3. The summed E-state index contributed by atoms with van der Waals surface area (Å²) in [6, 6.07) is 23.3. The zero-order valence-corrected chi connectivity index (χ0v) is 17.1. The Kier molecular flexibility index (Phi) is 6.44. The van der Waals surface area contributed by atoms with Crippen molar-refractivity contribution in [2.75, 3.05) is 17.1 Å². The van der Waals surface area contributed by atoms with Crippen LogP contribution in [-0.4, -0.2) is 21.2 Å². The summed E-state index contributed by atoms with van der Waals surface area (Å²) in [4.78, 5) is 1.26. The number of rotatable bonds is 8. The van der Waals surface area contributed by atoms with Crippen LogP contribution in [0, 0.1) is 0 Å². The van der Waals surface area contributed by atoms with Crippen molar-refractivity contribution in [2.24, 2.45) is 0 Å². The second-order valence-corrected chi connectivity index (χ2v) is 8.65. The van der Waals surface area contributed by atoms with Crippen molar-refractivity contribution in [1.29, 1.82) is 0 Å². The molecular weight excluding hydrogens is 390 g/mol. The second-order valence-electron chi connectivity index (χ2n) is 5.91. The van der Waals surface area contributed by atoms with Gasteiger partial charge in [0.05, 0.1) is 17.1 Å². The summed E-state index contributed by atoms with van der Waals surface area (Å²) >= 11 is 1.57. The van der Waals surface area contributed by atoms with E-state index in [0.29, 0.717) is 11.4 Å². The van der Waals surface area contributed by atoms with Crippen LogP contribution >= 0.6 is 11.8 Å². The lowest BCUT2D eigenvalue weighted by atomic mass is 10.3. The zero-order valence-electron chi connectivity index (χ0n) is 15.5. The fraction of sp³-hybridized carbons (Fsp3) is 0.0909. The smallest absolute Gasteiger partial charge is 0.264 e. The Morgan fingerprint density at radius 1 is 0.929 bits per heavy atom. The van der Waals surface area contributed by atoms with Gasteiger partial charge in [-0.3, -0.25) is 4.31 Å². The van der Waals surface area contributed by atoms with E-state index >= 15 is 0 Å². The van der Waals surface area contributed by atoms with E-state index < -0.39 is 10.0 Å². The lowest BCUT2D eigenvalue weighted by molar-refractivity contribution is 0.482. The highest BCUT2D eigenvalue weighted by Gasteiger charge is 2.24. The number of hydrogen-bond acceptors (Lipinski definition) is 4. The summed E-state index contributed by atoms with van der Waals surface area (Å²) in [5, 5.41) is 0. The van der Waals surface area contributed by atoms with Gasteiger partial charge >= 0.3 is 0 Å². The predicted octanol–water partition coefficient (Wildman–Crippen LogP) is 5.58. The lowest BCUT2D eigenvalue weighted by Crippen LogP contribution is -2.31. The summed E-state index contributed by atoms with van der Waals surface area (Å²) in [6.45, 7) is 3.87. The van der Waals surface area contributed by atoms with Crippen molar-refractivity contribution in [1.82, 2.24) is 0 Å². The Labute approximate surface area is 170 Å². The normalized spacial score (nSPS) is 11.0. The molecule has 0 aliphatic heterocycles. The summed E-state index contributed by atoms with van der Waals surface area (Å²) in [6.07, 6.45) is 3.52. The molecule has 0 fully saturated rings. The molecule has 0 N–H and O–H groups in total. The molecule has 0 heterocycles. The minimum atomic E-state index is -3.70. The van der Waals surface area contributed by atoms with Gasteiger partial charge in [-0.25, -0.2) is 8.42 Å². The third kappa shape index (κ3) is 4.58. The highest BCUT2D eigenvalue weighted by molar-refractivity contribution is 7.98. The maximum absolute atomic E-state index is 13.1. The van der Waals surface area contributed by atoms with Gasteiger partial charge in [0.15, 0.2) is 0 Å². The Balaban J connectivity index is 1.87. The summed E-state index contributed by atoms with van der Waals surface area (Å²) in [7, 11) is -3.70. The zero-order chi connectivity index (χ0) is 20.0. The number of sulfonamides is 1. The first-order chi connectivity index (χ1) is 13.5. The van der Waals surface area contributed by atoms with Gasteiger partial charge in [0.25, 0.3) is 10.0 Å². The SMILES string of the molecule is C=CCN(c1ccc(Oc2ccccc2)cc1)S(=O)(=O)c1ccc(SC)cc1. The van der Waals surface area contributed by atoms with Gasteiger partial charge in [0.1, 0.15) is 11.5 Å². The van der Waals surface area contributed by atoms with Crippen molar-refractivity contribution >= 4 is 27.5 Å². The van der Waals surface area contributed by atoms with Gasteiger partial charge in [-0.1, -0.05) is 24.3 Å². The number of hydrogen-bond donors (Lipinski definition) is 0. The molecule has 0 atom stereocenters. The van der Waals surface area contributed by atoms with E-state index in [1.165, 1.54) is 4.31 Å². The molecule has 0 bridgehead atoms. The maximum Gasteiger partial charge on any atom is 0.264 e. The largest absolute Gasteiger partial charge is 0.457 e. The molecule has 3 rings (SSSR count). The van der Waals surface area contributed by atoms with Crippen LogP contribution in [0.25, 0.3) is 0 Å². The summed E-state index contributed by atoms with van der Waals surface area (Å²) < 4.78 is 33.4. The number of thioether (sulfide) groups is 1.